The lowest BCUT2D eigenvalue weighted by Gasteiger charge is -2.27. The molecule has 17 heavy (non-hydrogen) atoms. The van der Waals surface area contributed by atoms with Crippen LogP contribution in [0.15, 0.2) is 18.2 Å². The van der Waals surface area contributed by atoms with Gasteiger partial charge in [0.05, 0.1) is 0 Å². The van der Waals surface area contributed by atoms with Gasteiger partial charge in [-0.2, -0.15) is 0 Å². The van der Waals surface area contributed by atoms with Gasteiger partial charge in [0.2, 0.25) is 0 Å². The van der Waals surface area contributed by atoms with E-state index in [4.69, 9.17) is 23.2 Å². The van der Waals surface area contributed by atoms with Crippen molar-refractivity contribution in [2.24, 2.45) is 17.8 Å². The maximum atomic E-state index is 6.29. The summed E-state index contributed by atoms with van der Waals surface area (Å²) in [7, 11) is 0. The molecule has 0 heterocycles. The van der Waals surface area contributed by atoms with Crippen LogP contribution in [0.1, 0.15) is 36.1 Å². The normalized spacial score (nSPS) is 33.0. The van der Waals surface area contributed by atoms with Gasteiger partial charge in [0, 0.05) is 14.9 Å². The summed E-state index contributed by atoms with van der Waals surface area (Å²) in [4.78, 5) is 0.391. The van der Waals surface area contributed by atoms with Crippen LogP contribution in [0.2, 0.25) is 10.0 Å². The molecule has 0 spiro atoms. The molecule has 0 N–H and O–H groups in total. The third-order valence-corrected chi connectivity index (χ3v) is 6.16. The molecule has 0 saturated heterocycles. The Bertz CT molecular complexity index is 432. The van der Waals surface area contributed by atoms with E-state index >= 15 is 0 Å². The van der Waals surface area contributed by atoms with E-state index in [2.05, 4.69) is 22.0 Å². The topological polar surface area (TPSA) is 0 Å². The summed E-state index contributed by atoms with van der Waals surface area (Å²) in [5, 5.41) is 1.51. The van der Waals surface area contributed by atoms with Gasteiger partial charge >= 0.3 is 0 Å². The summed E-state index contributed by atoms with van der Waals surface area (Å²) in [5.74, 6) is 2.62. The number of rotatable bonds is 2. The minimum absolute atomic E-state index is 0.391. The molecular weight excluding hydrogens is 319 g/mol. The Balaban J connectivity index is 1.84. The van der Waals surface area contributed by atoms with Gasteiger partial charge in [0.25, 0.3) is 0 Å². The summed E-state index contributed by atoms with van der Waals surface area (Å²) < 4.78 is 0. The van der Waals surface area contributed by atoms with E-state index < -0.39 is 0 Å². The first-order valence-corrected chi connectivity index (χ1v) is 7.91. The minimum atomic E-state index is 0.391. The summed E-state index contributed by atoms with van der Waals surface area (Å²) >= 11 is 16.1. The SMILES string of the molecule is Clc1ccc(C(Br)C2CC3CCC2C3)c(Cl)c1. The monoisotopic (exact) mass is 332 g/mol. The molecule has 0 nitrogen and oxygen atoms in total. The van der Waals surface area contributed by atoms with Crippen molar-refractivity contribution in [2.45, 2.75) is 30.5 Å². The molecule has 2 fully saturated rings. The van der Waals surface area contributed by atoms with Crippen LogP contribution < -0.4 is 0 Å². The second kappa shape index (κ2) is 4.75. The molecule has 4 unspecified atom stereocenters. The largest absolute Gasteiger partial charge is 0.0843 e. The zero-order chi connectivity index (χ0) is 12.0. The number of benzene rings is 1. The molecule has 4 atom stereocenters. The third kappa shape index (κ3) is 2.27. The van der Waals surface area contributed by atoms with Gasteiger partial charge in [-0.3, -0.25) is 0 Å². The zero-order valence-electron chi connectivity index (χ0n) is 9.50. The molecule has 3 heteroatoms. The summed E-state index contributed by atoms with van der Waals surface area (Å²) in [6.45, 7) is 0. The van der Waals surface area contributed by atoms with Crippen molar-refractivity contribution >= 4 is 39.1 Å². The number of fused-ring (bicyclic) bond motifs is 2. The fraction of sp³-hybridized carbons (Fsp3) is 0.571. The summed E-state index contributed by atoms with van der Waals surface area (Å²) in [6, 6.07) is 5.85. The van der Waals surface area contributed by atoms with Gasteiger partial charge in [-0.25, -0.2) is 0 Å². The Hall–Kier alpha value is 0.280. The molecule has 0 amide bonds. The van der Waals surface area contributed by atoms with Crippen molar-refractivity contribution in [1.29, 1.82) is 0 Å². The standard InChI is InChI=1S/C14H15BrCl2/c15-14(11-4-3-10(16)7-13(11)17)12-6-8-1-2-9(12)5-8/h3-4,7-9,12,14H,1-2,5-6H2. The lowest BCUT2D eigenvalue weighted by molar-refractivity contribution is 0.329. The van der Waals surface area contributed by atoms with Crippen LogP contribution >= 0.6 is 39.1 Å². The smallest absolute Gasteiger partial charge is 0.0464 e. The molecule has 1 aromatic carbocycles. The highest BCUT2D eigenvalue weighted by Gasteiger charge is 2.43. The Morgan fingerprint density at radius 2 is 2.00 bits per heavy atom. The Morgan fingerprint density at radius 3 is 2.59 bits per heavy atom. The molecule has 2 bridgehead atoms. The van der Waals surface area contributed by atoms with E-state index in [9.17, 15) is 0 Å². The third-order valence-electron chi connectivity index (χ3n) is 4.43. The van der Waals surface area contributed by atoms with Gasteiger partial charge in [0.1, 0.15) is 0 Å². The molecule has 2 aliphatic carbocycles. The molecule has 2 aliphatic rings. The number of halogens is 3. The second-order valence-corrected chi connectivity index (χ2v) is 7.24. The van der Waals surface area contributed by atoms with Gasteiger partial charge in [0.15, 0.2) is 0 Å². The van der Waals surface area contributed by atoms with E-state index in [1.54, 1.807) is 0 Å². The lowest BCUT2D eigenvalue weighted by Crippen LogP contribution is -2.15. The molecule has 0 radical (unpaired) electrons. The zero-order valence-corrected chi connectivity index (χ0v) is 12.6. The van der Waals surface area contributed by atoms with Crippen molar-refractivity contribution in [1.82, 2.24) is 0 Å². The molecule has 0 aliphatic heterocycles. The van der Waals surface area contributed by atoms with Crippen LogP contribution in [0, 0.1) is 17.8 Å². The molecule has 0 aromatic heterocycles. The summed E-state index contributed by atoms with van der Waals surface area (Å²) in [6.07, 6.45) is 5.63. The molecule has 3 rings (SSSR count). The van der Waals surface area contributed by atoms with Gasteiger partial charge in [-0.05, 0) is 54.7 Å². The van der Waals surface area contributed by atoms with Crippen LogP contribution in [0.3, 0.4) is 0 Å². The van der Waals surface area contributed by atoms with Crippen molar-refractivity contribution < 1.29 is 0 Å². The number of hydrogen-bond donors (Lipinski definition) is 0. The van der Waals surface area contributed by atoms with Crippen molar-refractivity contribution in [3.8, 4) is 0 Å². The first kappa shape index (κ1) is 12.3. The van der Waals surface area contributed by atoms with Crippen LogP contribution in [0.25, 0.3) is 0 Å². The highest BCUT2D eigenvalue weighted by Crippen LogP contribution is 2.55. The van der Waals surface area contributed by atoms with E-state index in [0.717, 1.165) is 22.8 Å². The van der Waals surface area contributed by atoms with Gasteiger partial charge in [-0.1, -0.05) is 51.6 Å². The first-order valence-electron chi connectivity index (χ1n) is 6.24. The quantitative estimate of drug-likeness (QED) is 0.594. The number of alkyl halides is 1. The van der Waals surface area contributed by atoms with Crippen LogP contribution in [-0.4, -0.2) is 0 Å². The minimum Gasteiger partial charge on any atom is -0.0843 e. The molecule has 1 aromatic rings. The Morgan fingerprint density at radius 1 is 1.18 bits per heavy atom. The lowest BCUT2D eigenvalue weighted by atomic mass is 9.84. The maximum Gasteiger partial charge on any atom is 0.0464 e. The first-order chi connectivity index (χ1) is 8.15. The van der Waals surface area contributed by atoms with Crippen LogP contribution in [-0.2, 0) is 0 Å². The predicted octanol–water partition coefficient (Wildman–Crippen LogP) is 5.87. The van der Waals surface area contributed by atoms with E-state index in [1.807, 2.05) is 12.1 Å². The predicted molar refractivity (Wildman–Crippen MR) is 77.1 cm³/mol. The van der Waals surface area contributed by atoms with Crippen molar-refractivity contribution in [3.63, 3.8) is 0 Å². The van der Waals surface area contributed by atoms with Gasteiger partial charge < -0.3 is 0 Å². The highest BCUT2D eigenvalue weighted by molar-refractivity contribution is 9.09. The van der Waals surface area contributed by atoms with E-state index in [-0.39, 0.29) is 0 Å². The fourth-order valence-corrected chi connectivity index (χ4v) is 5.31. The van der Waals surface area contributed by atoms with Crippen molar-refractivity contribution in [2.75, 3.05) is 0 Å². The molecule has 92 valence electrons. The Kier molecular flexibility index (Phi) is 3.44. The van der Waals surface area contributed by atoms with E-state index in [1.165, 1.54) is 31.2 Å². The van der Waals surface area contributed by atoms with Crippen molar-refractivity contribution in [3.05, 3.63) is 33.8 Å². The summed E-state index contributed by atoms with van der Waals surface area (Å²) in [5.41, 5.74) is 1.20. The van der Waals surface area contributed by atoms with Gasteiger partial charge in [-0.15, -0.1) is 0 Å². The van der Waals surface area contributed by atoms with Crippen LogP contribution in [0.5, 0.6) is 0 Å². The fourth-order valence-electron chi connectivity index (χ4n) is 3.61. The second-order valence-electron chi connectivity index (χ2n) is 5.41. The van der Waals surface area contributed by atoms with E-state index in [0.29, 0.717) is 9.85 Å². The number of hydrogen-bond acceptors (Lipinski definition) is 0. The average molecular weight is 334 g/mol. The molecular formula is C14H15BrCl2. The highest BCUT2D eigenvalue weighted by atomic mass is 79.9. The Labute approximate surface area is 121 Å². The maximum absolute atomic E-state index is 6.29. The average Bonchev–Trinajstić information content (AvgIpc) is 2.89. The molecule has 2 saturated carbocycles. The van der Waals surface area contributed by atoms with Crippen LogP contribution in [0.4, 0.5) is 0 Å².